The number of aryl methyl sites for hydroxylation is 2. The van der Waals surface area contributed by atoms with Gasteiger partial charge in [-0.25, -0.2) is 4.79 Å². The quantitative estimate of drug-likeness (QED) is 0.537. The highest BCUT2D eigenvalue weighted by Gasteiger charge is 2.43. The molecule has 5 nitrogen and oxygen atoms in total. The number of dihydropyridines is 1. The molecular formula is C29H28N2O3. The van der Waals surface area contributed by atoms with Gasteiger partial charge in [-0.3, -0.25) is 4.79 Å². The molecule has 172 valence electrons. The first kappa shape index (κ1) is 22.0. The Labute approximate surface area is 199 Å². The SMILES string of the molecule is COC(=O)C1=C(C)NC2=C(C(=O)c3ccccc32)[C@@H]1c1cc(C)n(-c2cccc(C)c2C)c1C. The van der Waals surface area contributed by atoms with Crippen LogP contribution >= 0.6 is 0 Å². The number of nitrogens with one attached hydrogen (secondary N) is 1. The maximum absolute atomic E-state index is 13.7. The van der Waals surface area contributed by atoms with Crippen LogP contribution in [0, 0.1) is 27.7 Å². The number of hydrogen-bond donors (Lipinski definition) is 1. The predicted octanol–water partition coefficient (Wildman–Crippen LogP) is 5.45. The van der Waals surface area contributed by atoms with E-state index in [1.165, 1.54) is 18.2 Å². The van der Waals surface area contributed by atoms with Gasteiger partial charge in [-0.05, 0) is 63.4 Å². The summed E-state index contributed by atoms with van der Waals surface area (Å²) in [6.07, 6.45) is 0. The smallest absolute Gasteiger partial charge is 0.336 e. The molecule has 0 unspecified atom stereocenters. The van der Waals surface area contributed by atoms with Crippen molar-refractivity contribution in [3.8, 4) is 5.69 Å². The van der Waals surface area contributed by atoms with Crippen LogP contribution < -0.4 is 5.32 Å². The first-order valence-electron chi connectivity index (χ1n) is 11.5. The molecule has 0 amide bonds. The Morgan fingerprint density at radius 2 is 1.68 bits per heavy atom. The van der Waals surface area contributed by atoms with Crippen LogP contribution in [-0.2, 0) is 9.53 Å². The fourth-order valence-electron chi connectivity index (χ4n) is 5.45. The number of benzene rings is 2. The van der Waals surface area contributed by atoms with E-state index in [1.54, 1.807) is 0 Å². The zero-order valence-corrected chi connectivity index (χ0v) is 20.4. The molecule has 0 fully saturated rings. The lowest BCUT2D eigenvalue weighted by molar-refractivity contribution is -0.136. The lowest BCUT2D eigenvalue weighted by Crippen LogP contribution is -2.29. The summed E-state index contributed by atoms with van der Waals surface area (Å²) in [7, 11) is 1.38. The average Bonchev–Trinajstić information content (AvgIpc) is 3.27. The van der Waals surface area contributed by atoms with E-state index < -0.39 is 11.9 Å². The van der Waals surface area contributed by atoms with Crippen molar-refractivity contribution >= 4 is 17.4 Å². The average molecular weight is 453 g/mol. The highest BCUT2D eigenvalue weighted by Crippen LogP contribution is 2.48. The van der Waals surface area contributed by atoms with Crippen LogP contribution in [0.4, 0.5) is 0 Å². The number of methoxy groups -OCH3 is 1. The molecule has 1 aliphatic heterocycles. The van der Waals surface area contributed by atoms with E-state index in [0.717, 1.165) is 33.9 Å². The van der Waals surface area contributed by atoms with Crippen LogP contribution in [0.2, 0.25) is 0 Å². The Bertz CT molecular complexity index is 1450. The van der Waals surface area contributed by atoms with Crippen molar-refractivity contribution in [1.29, 1.82) is 0 Å². The lowest BCUT2D eigenvalue weighted by atomic mass is 9.79. The molecule has 3 aromatic rings. The lowest BCUT2D eigenvalue weighted by Gasteiger charge is -2.29. The summed E-state index contributed by atoms with van der Waals surface area (Å²) < 4.78 is 7.41. The molecule has 0 saturated carbocycles. The van der Waals surface area contributed by atoms with E-state index >= 15 is 0 Å². The summed E-state index contributed by atoms with van der Waals surface area (Å²) in [6.45, 7) is 10.2. The summed E-state index contributed by atoms with van der Waals surface area (Å²) in [5.41, 5.74) is 10.6. The van der Waals surface area contributed by atoms with Crippen molar-refractivity contribution in [2.24, 2.45) is 0 Å². The largest absolute Gasteiger partial charge is 0.466 e. The van der Waals surface area contributed by atoms with Gasteiger partial charge in [-0.2, -0.15) is 0 Å². The second kappa shape index (κ2) is 7.87. The third-order valence-corrected chi connectivity index (χ3v) is 7.25. The Morgan fingerprint density at radius 1 is 0.971 bits per heavy atom. The summed E-state index contributed by atoms with van der Waals surface area (Å²) in [4.78, 5) is 26.7. The number of ether oxygens (including phenoxy) is 1. The van der Waals surface area contributed by atoms with Gasteiger partial charge in [0.2, 0.25) is 0 Å². The summed E-state index contributed by atoms with van der Waals surface area (Å²) in [5.74, 6) is -0.996. The summed E-state index contributed by atoms with van der Waals surface area (Å²) in [5, 5.41) is 3.35. The van der Waals surface area contributed by atoms with E-state index in [4.69, 9.17) is 4.74 Å². The highest BCUT2D eigenvalue weighted by atomic mass is 16.5. The van der Waals surface area contributed by atoms with Gasteiger partial charge < -0.3 is 14.6 Å². The first-order valence-corrected chi connectivity index (χ1v) is 11.5. The zero-order chi connectivity index (χ0) is 24.3. The van der Waals surface area contributed by atoms with E-state index in [2.05, 4.69) is 61.8 Å². The normalized spacial score (nSPS) is 17.0. The number of ketones is 1. The Hall–Kier alpha value is -3.86. The monoisotopic (exact) mass is 452 g/mol. The molecule has 2 heterocycles. The molecule has 1 N–H and O–H groups in total. The predicted molar refractivity (Wildman–Crippen MR) is 133 cm³/mol. The molecule has 1 aromatic heterocycles. The third-order valence-electron chi connectivity index (χ3n) is 7.25. The third kappa shape index (κ3) is 3.00. The Morgan fingerprint density at radius 3 is 2.38 bits per heavy atom. The van der Waals surface area contributed by atoms with Gasteiger partial charge in [0.25, 0.3) is 0 Å². The van der Waals surface area contributed by atoms with Gasteiger partial charge in [0.15, 0.2) is 5.78 Å². The number of carbonyl (C=O) groups is 2. The molecule has 2 aromatic carbocycles. The minimum Gasteiger partial charge on any atom is -0.466 e. The van der Waals surface area contributed by atoms with Crippen LogP contribution in [-0.4, -0.2) is 23.4 Å². The van der Waals surface area contributed by atoms with Crippen LogP contribution in [0.5, 0.6) is 0 Å². The van der Waals surface area contributed by atoms with E-state index in [9.17, 15) is 9.59 Å². The number of rotatable bonds is 3. The van der Waals surface area contributed by atoms with Crippen molar-refractivity contribution in [1.82, 2.24) is 9.88 Å². The van der Waals surface area contributed by atoms with Crippen LogP contribution in [0.25, 0.3) is 11.4 Å². The topological polar surface area (TPSA) is 60.3 Å². The van der Waals surface area contributed by atoms with Crippen LogP contribution in [0.3, 0.4) is 0 Å². The molecule has 0 saturated heterocycles. The number of esters is 1. The number of allylic oxidation sites excluding steroid dienone is 2. The molecule has 0 radical (unpaired) electrons. The van der Waals surface area contributed by atoms with Crippen molar-refractivity contribution in [2.45, 2.75) is 40.5 Å². The summed E-state index contributed by atoms with van der Waals surface area (Å²) >= 11 is 0. The number of carbonyl (C=O) groups excluding carboxylic acids is 2. The maximum atomic E-state index is 13.7. The van der Waals surface area contributed by atoms with E-state index in [1.807, 2.05) is 31.2 Å². The Kier molecular flexibility index (Phi) is 5.08. The second-order valence-corrected chi connectivity index (χ2v) is 9.13. The van der Waals surface area contributed by atoms with Gasteiger partial charge in [-0.15, -0.1) is 0 Å². The number of nitrogens with zero attached hydrogens (tertiary/aromatic N) is 1. The molecule has 34 heavy (non-hydrogen) atoms. The van der Waals surface area contributed by atoms with Crippen molar-refractivity contribution in [3.63, 3.8) is 0 Å². The number of hydrogen-bond acceptors (Lipinski definition) is 4. The first-order chi connectivity index (χ1) is 16.3. The van der Waals surface area contributed by atoms with Crippen molar-refractivity contribution in [3.05, 3.63) is 105 Å². The van der Waals surface area contributed by atoms with Crippen LogP contribution in [0.1, 0.15) is 56.8 Å². The van der Waals surface area contributed by atoms with Crippen molar-refractivity contribution < 1.29 is 14.3 Å². The summed E-state index contributed by atoms with van der Waals surface area (Å²) in [6, 6.07) is 16.0. The molecule has 2 aliphatic rings. The molecule has 1 aliphatic carbocycles. The van der Waals surface area contributed by atoms with E-state index in [-0.39, 0.29) is 5.78 Å². The van der Waals surface area contributed by atoms with Gasteiger partial charge in [0.1, 0.15) is 0 Å². The molecule has 1 atom stereocenters. The fourth-order valence-corrected chi connectivity index (χ4v) is 5.45. The van der Waals surface area contributed by atoms with Gasteiger partial charge in [0, 0.05) is 39.5 Å². The number of Topliss-reactive ketones (excluding diaryl/α,β-unsaturated/α-hetero) is 1. The van der Waals surface area contributed by atoms with Gasteiger partial charge in [0.05, 0.1) is 24.3 Å². The standard InChI is InChI=1S/C29H28N2O3/c1-15-10-9-13-23(17(15)3)31-16(2)14-22(19(31)5)25-24(29(33)34-6)18(4)30-27-20-11-7-8-12-21(20)28(32)26(25)27/h7-14,25,30H,1-6H3/t25-/m1/s1. The van der Waals surface area contributed by atoms with Gasteiger partial charge >= 0.3 is 5.97 Å². The van der Waals surface area contributed by atoms with Crippen LogP contribution in [0.15, 0.2) is 65.4 Å². The maximum Gasteiger partial charge on any atom is 0.336 e. The van der Waals surface area contributed by atoms with Gasteiger partial charge in [-0.1, -0.05) is 36.4 Å². The number of fused-ring (bicyclic) bond motifs is 2. The Balaban J connectivity index is 1.77. The van der Waals surface area contributed by atoms with E-state index in [0.29, 0.717) is 22.4 Å². The molecular weight excluding hydrogens is 424 g/mol. The molecule has 0 spiro atoms. The minimum atomic E-state index is -0.520. The number of aromatic nitrogens is 1. The zero-order valence-electron chi connectivity index (χ0n) is 20.4. The second-order valence-electron chi connectivity index (χ2n) is 9.13. The highest BCUT2D eigenvalue weighted by molar-refractivity contribution is 6.23. The molecule has 5 heteroatoms. The molecule has 5 rings (SSSR count). The minimum absolute atomic E-state index is 0.0476. The molecule has 0 bridgehead atoms. The van der Waals surface area contributed by atoms with Crippen molar-refractivity contribution in [2.75, 3.05) is 7.11 Å². The fraction of sp³-hybridized carbons (Fsp3) is 0.241.